The quantitative estimate of drug-likeness (QED) is 0.715. The molecule has 126 valence electrons. The molecule has 2 aromatic carbocycles. The van der Waals surface area contributed by atoms with Crippen LogP contribution in [0.25, 0.3) is 0 Å². The number of carbonyl (C=O) groups is 2. The molecule has 0 heterocycles. The lowest BCUT2D eigenvalue weighted by molar-refractivity contribution is 0.0600. The van der Waals surface area contributed by atoms with E-state index >= 15 is 0 Å². The number of methoxy groups -OCH3 is 1. The Hall–Kier alpha value is -1.75. The Morgan fingerprint density at radius 1 is 1.08 bits per heavy atom. The van der Waals surface area contributed by atoms with Gasteiger partial charge in [-0.15, -0.1) is 0 Å². The lowest BCUT2D eigenvalue weighted by Crippen LogP contribution is -2.26. The van der Waals surface area contributed by atoms with Gasteiger partial charge in [-0.25, -0.2) is 4.79 Å². The van der Waals surface area contributed by atoms with Gasteiger partial charge in [0.25, 0.3) is 5.91 Å². The Kier molecular flexibility index (Phi) is 6.10. The normalized spacial score (nSPS) is 10.4. The van der Waals surface area contributed by atoms with Crippen molar-refractivity contribution in [3.05, 3.63) is 68.2 Å². The fourth-order valence-corrected chi connectivity index (χ4v) is 3.05. The summed E-state index contributed by atoms with van der Waals surface area (Å²) in [5, 5.41) is 0.726. The van der Waals surface area contributed by atoms with Crippen LogP contribution in [0.3, 0.4) is 0 Å². The maximum absolute atomic E-state index is 12.5. The van der Waals surface area contributed by atoms with E-state index in [0.717, 1.165) is 5.56 Å². The highest BCUT2D eigenvalue weighted by Gasteiger charge is 2.20. The van der Waals surface area contributed by atoms with Crippen molar-refractivity contribution in [2.24, 2.45) is 0 Å². The van der Waals surface area contributed by atoms with Crippen LogP contribution in [0.4, 0.5) is 0 Å². The van der Waals surface area contributed by atoms with Crippen molar-refractivity contribution in [2.45, 2.75) is 6.54 Å². The van der Waals surface area contributed by atoms with Crippen LogP contribution in [0, 0.1) is 0 Å². The van der Waals surface area contributed by atoms with E-state index in [1.807, 2.05) is 12.1 Å². The second kappa shape index (κ2) is 7.88. The van der Waals surface area contributed by atoms with Gasteiger partial charge in [-0.3, -0.25) is 4.79 Å². The number of halogens is 3. The molecule has 0 saturated carbocycles. The van der Waals surface area contributed by atoms with E-state index in [2.05, 4.69) is 4.74 Å². The van der Waals surface area contributed by atoms with Crippen LogP contribution in [-0.4, -0.2) is 30.9 Å². The zero-order valence-electron chi connectivity index (χ0n) is 13.0. The van der Waals surface area contributed by atoms with Crippen LogP contribution in [0.15, 0.2) is 36.4 Å². The summed E-state index contributed by atoms with van der Waals surface area (Å²) in [5.74, 6) is -0.938. The summed E-state index contributed by atoms with van der Waals surface area (Å²) in [5.41, 5.74) is 1.21. The van der Waals surface area contributed by atoms with Crippen LogP contribution in [0.2, 0.25) is 15.1 Å². The Morgan fingerprint density at radius 2 is 1.71 bits per heavy atom. The minimum Gasteiger partial charge on any atom is -0.465 e. The van der Waals surface area contributed by atoms with Crippen molar-refractivity contribution >= 4 is 46.7 Å². The zero-order valence-corrected chi connectivity index (χ0v) is 15.2. The number of amides is 1. The molecule has 7 heteroatoms. The maximum atomic E-state index is 12.5. The summed E-state index contributed by atoms with van der Waals surface area (Å²) in [7, 11) is 2.88. The molecule has 0 N–H and O–H groups in total. The fraction of sp³-hybridized carbons (Fsp3) is 0.176. The molecule has 0 bridgehead atoms. The van der Waals surface area contributed by atoms with Gasteiger partial charge in [0.1, 0.15) is 0 Å². The molecule has 0 spiro atoms. The molecule has 0 aliphatic heterocycles. The first-order valence-electron chi connectivity index (χ1n) is 6.90. The number of carbonyl (C=O) groups excluding carboxylic acids is 2. The molecule has 0 unspecified atom stereocenters. The van der Waals surface area contributed by atoms with Crippen molar-refractivity contribution in [1.29, 1.82) is 0 Å². The van der Waals surface area contributed by atoms with E-state index < -0.39 is 5.97 Å². The molecule has 24 heavy (non-hydrogen) atoms. The topological polar surface area (TPSA) is 46.6 Å². The second-order valence-electron chi connectivity index (χ2n) is 5.10. The van der Waals surface area contributed by atoms with E-state index in [1.165, 1.54) is 24.1 Å². The third kappa shape index (κ3) is 4.20. The molecule has 0 atom stereocenters. The summed E-state index contributed by atoms with van der Waals surface area (Å²) in [6.45, 7) is 0.368. The van der Waals surface area contributed by atoms with Crippen LogP contribution < -0.4 is 0 Å². The first kappa shape index (κ1) is 18.6. The summed E-state index contributed by atoms with van der Waals surface area (Å²) >= 11 is 18.1. The first-order valence-corrected chi connectivity index (χ1v) is 8.04. The predicted octanol–water partition coefficient (Wildman–Crippen LogP) is 4.71. The Balaban J connectivity index is 2.24. The van der Waals surface area contributed by atoms with Gasteiger partial charge in [0.2, 0.25) is 0 Å². The van der Waals surface area contributed by atoms with E-state index in [0.29, 0.717) is 11.6 Å². The minimum absolute atomic E-state index is 0.0369. The molecule has 0 aliphatic rings. The molecular weight excluding hydrogens is 373 g/mol. The smallest absolute Gasteiger partial charge is 0.340 e. The van der Waals surface area contributed by atoms with Gasteiger partial charge in [-0.1, -0.05) is 46.9 Å². The monoisotopic (exact) mass is 385 g/mol. The van der Waals surface area contributed by atoms with Gasteiger partial charge in [-0.2, -0.15) is 0 Å². The van der Waals surface area contributed by atoms with Crippen LogP contribution in [0.1, 0.15) is 26.3 Å². The lowest BCUT2D eigenvalue weighted by Gasteiger charge is -2.18. The highest BCUT2D eigenvalue weighted by Crippen LogP contribution is 2.28. The van der Waals surface area contributed by atoms with E-state index in [-0.39, 0.29) is 27.1 Å². The molecule has 0 aromatic heterocycles. The van der Waals surface area contributed by atoms with E-state index in [1.54, 1.807) is 19.2 Å². The second-order valence-corrected chi connectivity index (χ2v) is 6.35. The molecule has 2 rings (SSSR count). The lowest BCUT2D eigenvalue weighted by atomic mass is 10.1. The van der Waals surface area contributed by atoms with Crippen molar-refractivity contribution in [2.75, 3.05) is 14.2 Å². The number of nitrogens with zero attached hydrogens (tertiary/aromatic N) is 1. The molecule has 0 radical (unpaired) electrons. The predicted molar refractivity (Wildman–Crippen MR) is 95.1 cm³/mol. The van der Waals surface area contributed by atoms with Gasteiger partial charge in [0.05, 0.1) is 22.7 Å². The van der Waals surface area contributed by atoms with E-state index in [4.69, 9.17) is 34.8 Å². The number of hydrogen-bond donors (Lipinski definition) is 0. The minimum atomic E-state index is -0.656. The molecule has 4 nitrogen and oxygen atoms in total. The first-order chi connectivity index (χ1) is 11.3. The summed E-state index contributed by atoms with van der Waals surface area (Å²) < 4.78 is 4.62. The van der Waals surface area contributed by atoms with Crippen LogP contribution in [-0.2, 0) is 11.3 Å². The molecule has 0 fully saturated rings. The van der Waals surface area contributed by atoms with E-state index in [9.17, 15) is 9.59 Å². The highest BCUT2D eigenvalue weighted by atomic mass is 35.5. The third-order valence-electron chi connectivity index (χ3n) is 3.33. The molecule has 1 amide bonds. The highest BCUT2D eigenvalue weighted by molar-refractivity contribution is 6.39. The average molecular weight is 387 g/mol. The SMILES string of the molecule is COC(=O)c1c(Cl)cc(C(=O)N(C)Cc2cccc(Cl)c2)cc1Cl. The average Bonchev–Trinajstić information content (AvgIpc) is 2.53. The number of rotatable bonds is 4. The fourth-order valence-electron chi connectivity index (χ4n) is 2.20. The number of ether oxygens (including phenoxy) is 1. The van der Waals surface area contributed by atoms with Crippen LogP contribution >= 0.6 is 34.8 Å². The summed E-state index contributed by atoms with van der Waals surface area (Å²) in [6.07, 6.45) is 0. The van der Waals surface area contributed by atoms with Crippen molar-refractivity contribution < 1.29 is 14.3 Å². The maximum Gasteiger partial charge on any atom is 0.340 e. The van der Waals surface area contributed by atoms with Gasteiger partial charge in [-0.05, 0) is 29.8 Å². The number of hydrogen-bond acceptors (Lipinski definition) is 3. The van der Waals surface area contributed by atoms with Crippen molar-refractivity contribution in [3.63, 3.8) is 0 Å². The Morgan fingerprint density at radius 3 is 2.25 bits per heavy atom. The van der Waals surface area contributed by atoms with Crippen molar-refractivity contribution in [3.8, 4) is 0 Å². The standard InChI is InChI=1S/C17H14Cl3NO3/c1-21(9-10-4-3-5-12(18)6-10)16(22)11-7-13(19)15(14(20)8-11)17(23)24-2/h3-8H,9H2,1-2H3. The van der Waals surface area contributed by atoms with Crippen LogP contribution in [0.5, 0.6) is 0 Å². The van der Waals surface area contributed by atoms with Gasteiger partial charge in [0, 0.05) is 24.2 Å². The van der Waals surface area contributed by atoms with Crippen molar-refractivity contribution in [1.82, 2.24) is 4.90 Å². The third-order valence-corrected chi connectivity index (χ3v) is 4.17. The summed E-state index contributed by atoms with van der Waals surface area (Å²) in [6, 6.07) is 10.0. The molecule has 0 aliphatic carbocycles. The number of benzene rings is 2. The molecular formula is C17H14Cl3NO3. The van der Waals surface area contributed by atoms with Gasteiger partial charge < -0.3 is 9.64 Å². The van der Waals surface area contributed by atoms with Gasteiger partial charge >= 0.3 is 5.97 Å². The zero-order chi connectivity index (χ0) is 17.9. The summed E-state index contributed by atoms with van der Waals surface area (Å²) in [4.78, 5) is 25.7. The Labute approximate surface area is 154 Å². The molecule has 2 aromatic rings. The van der Waals surface area contributed by atoms with Gasteiger partial charge in [0.15, 0.2) is 0 Å². The largest absolute Gasteiger partial charge is 0.465 e. The Bertz CT molecular complexity index is 769. The number of esters is 1. The molecule has 0 saturated heterocycles.